The minimum Gasteiger partial charge on any atom is -0.467 e. The Hall–Kier alpha value is -3.46. The Bertz CT molecular complexity index is 1130. The zero-order valence-electron chi connectivity index (χ0n) is 18.8. The summed E-state index contributed by atoms with van der Waals surface area (Å²) in [6, 6.07) is 17.3. The van der Waals surface area contributed by atoms with Gasteiger partial charge < -0.3 is 19.8 Å². The van der Waals surface area contributed by atoms with Gasteiger partial charge in [0.2, 0.25) is 5.91 Å². The van der Waals surface area contributed by atoms with Crippen molar-refractivity contribution in [3.05, 3.63) is 71.9 Å². The molecule has 1 saturated heterocycles. The summed E-state index contributed by atoms with van der Waals surface area (Å²) in [6.45, 7) is 0.382. The number of rotatable bonds is 7. The normalized spacial score (nSPS) is 18.5. The van der Waals surface area contributed by atoms with E-state index in [-0.39, 0.29) is 24.8 Å². The minimum absolute atomic E-state index is 0.104. The van der Waals surface area contributed by atoms with Gasteiger partial charge in [0.15, 0.2) is 0 Å². The summed E-state index contributed by atoms with van der Waals surface area (Å²) >= 11 is 4.47. The number of nitrogens with zero attached hydrogens (tertiary/aromatic N) is 1. The van der Waals surface area contributed by atoms with Crippen LogP contribution in [0.2, 0.25) is 0 Å². The number of nitrogens with one attached hydrogen (secondary N) is 2. The molecule has 2 amide bonds. The van der Waals surface area contributed by atoms with Crippen molar-refractivity contribution in [1.29, 1.82) is 0 Å². The number of thiol groups is 1. The van der Waals surface area contributed by atoms with Crippen LogP contribution in [0.25, 0.3) is 10.9 Å². The summed E-state index contributed by atoms with van der Waals surface area (Å²) in [7, 11) is 1.28. The van der Waals surface area contributed by atoms with E-state index in [1.165, 1.54) is 12.0 Å². The van der Waals surface area contributed by atoms with Crippen LogP contribution in [0.4, 0.5) is 4.79 Å². The number of methoxy groups -OCH3 is 1. The van der Waals surface area contributed by atoms with E-state index in [1.54, 1.807) is 0 Å². The summed E-state index contributed by atoms with van der Waals surface area (Å²) in [5.74, 6) is -1.01. The van der Waals surface area contributed by atoms with Gasteiger partial charge in [0.05, 0.1) is 7.11 Å². The molecule has 0 unspecified atom stereocenters. The number of hydrogen-bond acceptors (Lipinski definition) is 6. The predicted octanol–water partition coefficient (Wildman–Crippen LogP) is 3.08. The van der Waals surface area contributed by atoms with Crippen molar-refractivity contribution < 1.29 is 23.9 Å². The summed E-state index contributed by atoms with van der Waals surface area (Å²) in [5, 5.41) is 3.60. The van der Waals surface area contributed by atoms with Gasteiger partial charge in [0.1, 0.15) is 18.7 Å². The van der Waals surface area contributed by atoms with Crippen molar-refractivity contribution in [3.8, 4) is 0 Å². The third-order valence-corrected chi connectivity index (χ3v) is 6.21. The molecule has 1 aliphatic heterocycles. The third kappa shape index (κ3) is 5.53. The Morgan fingerprint density at radius 1 is 1.15 bits per heavy atom. The van der Waals surface area contributed by atoms with E-state index in [4.69, 9.17) is 9.47 Å². The quantitative estimate of drug-likeness (QED) is 0.356. The molecule has 1 aromatic heterocycles. The zero-order valence-corrected chi connectivity index (χ0v) is 19.7. The lowest BCUT2D eigenvalue weighted by Crippen LogP contribution is -2.51. The standard InChI is InChI=1S/C25H27N3O5S/c1-32-24(30)21(12-18-11-17-9-5-6-10-20(17)26-18)27-23(29)22-13-19(34)14-28(22)25(31)33-15-16-7-3-2-4-8-16/h2-11,19,21-22,26,34H,12-15H2,1H3,(H,27,29)/t19-,21+,22+/m1/s1. The van der Waals surface area contributed by atoms with Crippen molar-refractivity contribution >= 4 is 41.5 Å². The first-order valence-corrected chi connectivity index (χ1v) is 11.6. The highest BCUT2D eigenvalue weighted by Crippen LogP contribution is 2.24. The average Bonchev–Trinajstić information content (AvgIpc) is 3.45. The Kier molecular flexibility index (Phi) is 7.42. The first-order chi connectivity index (χ1) is 16.4. The molecule has 2 aromatic carbocycles. The van der Waals surface area contributed by atoms with Crippen molar-refractivity contribution in [3.63, 3.8) is 0 Å². The van der Waals surface area contributed by atoms with Crippen LogP contribution in [0.15, 0.2) is 60.7 Å². The number of amides is 2. The van der Waals surface area contributed by atoms with Crippen molar-refractivity contribution in [2.24, 2.45) is 0 Å². The number of ether oxygens (including phenoxy) is 2. The van der Waals surface area contributed by atoms with Crippen LogP contribution >= 0.6 is 12.6 Å². The lowest BCUT2D eigenvalue weighted by Gasteiger charge is -2.25. The monoisotopic (exact) mass is 481 g/mol. The number of benzene rings is 2. The molecular formula is C25H27N3O5S. The molecule has 0 bridgehead atoms. The van der Waals surface area contributed by atoms with Crippen molar-refractivity contribution in [1.82, 2.24) is 15.2 Å². The van der Waals surface area contributed by atoms with E-state index in [0.29, 0.717) is 6.42 Å². The van der Waals surface area contributed by atoms with Gasteiger partial charge in [-0.25, -0.2) is 9.59 Å². The largest absolute Gasteiger partial charge is 0.467 e. The average molecular weight is 482 g/mol. The van der Waals surface area contributed by atoms with Crippen LogP contribution in [0.1, 0.15) is 17.7 Å². The predicted molar refractivity (Wildman–Crippen MR) is 130 cm³/mol. The minimum atomic E-state index is -0.910. The highest BCUT2D eigenvalue weighted by molar-refractivity contribution is 7.81. The molecule has 1 fully saturated rings. The first-order valence-electron chi connectivity index (χ1n) is 11.0. The number of carbonyl (C=O) groups is 3. The second-order valence-corrected chi connectivity index (χ2v) is 9.00. The van der Waals surface area contributed by atoms with Gasteiger partial charge in [-0.15, -0.1) is 0 Å². The molecule has 178 valence electrons. The number of likely N-dealkylation sites (tertiary alicyclic amines) is 1. The van der Waals surface area contributed by atoms with E-state index < -0.39 is 30.1 Å². The number of carbonyl (C=O) groups excluding carboxylic acids is 3. The molecule has 8 nitrogen and oxygen atoms in total. The van der Waals surface area contributed by atoms with Gasteiger partial charge in [-0.1, -0.05) is 48.5 Å². The fourth-order valence-electron chi connectivity index (χ4n) is 4.13. The zero-order chi connectivity index (χ0) is 24.1. The van der Waals surface area contributed by atoms with Gasteiger partial charge in [0, 0.05) is 29.4 Å². The summed E-state index contributed by atoms with van der Waals surface area (Å²) in [4.78, 5) is 43.0. The van der Waals surface area contributed by atoms with E-state index in [9.17, 15) is 14.4 Å². The molecule has 2 heterocycles. The molecule has 0 aliphatic carbocycles. The molecule has 0 radical (unpaired) electrons. The highest BCUT2D eigenvalue weighted by Gasteiger charge is 2.40. The Morgan fingerprint density at radius 2 is 1.88 bits per heavy atom. The fourth-order valence-corrected chi connectivity index (χ4v) is 4.51. The van der Waals surface area contributed by atoms with Gasteiger partial charge in [0.25, 0.3) is 0 Å². The van der Waals surface area contributed by atoms with Crippen LogP contribution in [-0.2, 0) is 32.1 Å². The third-order valence-electron chi connectivity index (χ3n) is 5.83. The molecule has 0 saturated carbocycles. The second kappa shape index (κ2) is 10.6. The molecular weight excluding hydrogens is 454 g/mol. The fraction of sp³-hybridized carbons (Fsp3) is 0.320. The summed E-state index contributed by atoms with van der Waals surface area (Å²) < 4.78 is 10.3. The number of aromatic nitrogens is 1. The maximum absolute atomic E-state index is 13.2. The molecule has 0 spiro atoms. The summed E-state index contributed by atoms with van der Waals surface area (Å²) in [6.07, 6.45) is -0.0103. The summed E-state index contributed by atoms with van der Waals surface area (Å²) in [5.41, 5.74) is 2.57. The number of fused-ring (bicyclic) bond motifs is 1. The number of para-hydroxylation sites is 1. The van der Waals surface area contributed by atoms with Crippen molar-refractivity contribution in [2.75, 3.05) is 13.7 Å². The number of aromatic amines is 1. The number of esters is 1. The molecule has 3 aromatic rings. The lowest BCUT2D eigenvalue weighted by atomic mass is 10.1. The van der Waals surface area contributed by atoms with E-state index in [2.05, 4.69) is 22.9 Å². The molecule has 34 heavy (non-hydrogen) atoms. The maximum Gasteiger partial charge on any atom is 0.410 e. The van der Waals surface area contributed by atoms with Gasteiger partial charge >= 0.3 is 12.1 Å². The van der Waals surface area contributed by atoms with Crippen LogP contribution < -0.4 is 5.32 Å². The van der Waals surface area contributed by atoms with E-state index in [1.807, 2.05) is 60.7 Å². The van der Waals surface area contributed by atoms with E-state index in [0.717, 1.165) is 22.2 Å². The van der Waals surface area contributed by atoms with Crippen molar-refractivity contribution in [2.45, 2.75) is 36.8 Å². The Morgan fingerprint density at radius 3 is 2.62 bits per heavy atom. The van der Waals surface area contributed by atoms with Crippen LogP contribution in [-0.4, -0.2) is 58.8 Å². The number of hydrogen-bond donors (Lipinski definition) is 3. The first kappa shape index (κ1) is 23.7. The highest BCUT2D eigenvalue weighted by atomic mass is 32.1. The van der Waals surface area contributed by atoms with Crippen LogP contribution in [0.5, 0.6) is 0 Å². The van der Waals surface area contributed by atoms with Gasteiger partial charge in [-0.2, -0.15) is 12.6 Å². The molecule has 4 rings (SSSR count). The Balaban J connectivity index is 1.43. The second-order valence-electron chi connectivity index (χ2n) is 8.27. The van der Waals surface area contributed by atoms with Gasteiger partial charge in [-0.05, 0) is 29.5 Å². The SMILES string of the molecule is COC(=O)[C@H](Cc1cc2ccccc2[nH]1)NC(=O)[C@@H]1C[C@@H](S)CN1C(=O)OCc1ccccc1. The lowest BCUT2D eigenvalue weighted by molar-refractivity contribution is -0.145. The molecule has 1 aliphatic rings. The Labute approximate surface area is 203 Å². The van der Waals surface area contributed by atoms with Crippen LogP contribution in [0.3, 0.4) is 0 Å². The smallest absolute Gasteiger partial charge is 0.410 e. The topological polar surface area (TPSA) is 101 Å². The van der Waals surface area contributed by atoms with Gasteiger partial charge in [-0.3, -0.25) is 9.69 Å². The molecule has 9 heteroatoms. The van der Waals surface area contributed by atoms with E-state index >= 15 is 0 Å². The molecule has 3 atom stereocenters. The molecule has 2 N–H and O–H groups in total. The van der Waals surface area contributed by atoms with Crippen LogP contribution in [0, 0.1) is 0 Å². The maximum atomic E-state index is 13.2. The number of H-pyrrole nitrogens is 1.